The van der Waals surface area contributed by atoms with Crippen molar-refractivity contribution >= 4 is 29.4 Å². The molecule has 0 bridgehead atoms. The number of hydrogen-bond donors (Lipinski definition) is 6. The SMILES string of the molecule is CCc1noc([C@H]2O[C@@H](n3cnc4c(NCC(c5ccccc5)c5ccccc5)nc(NCCO)nc43)[C@H](O)[C@@H]2O)n1.O=CO. The molecule has 0 saturated carbocycles. The zero-order chi connectivity index (χ0) is 31.8. The number of carbonyl (C=O) groups is 1. The maximum atomic E-state index is 11.0. The largest absolute Gasteiger partial charge is 0.483 e. The Balaban J connectivity index is 0.00000128. The van der Waals surface area contributed by atoms with Gasteiger partial charge in [0.1, 0.15) is 12.2 Å². The zero-order valence-corrected chi connectivity index (χ0v) is 24.3. The molecule has 1 aliphatic rings. The molecule has 1 aliphatic heterocycles. The lowest BCUT2D eigenvalue weighted by atomic mass is 9.91. The molecule has 0 aliphatic carbocycles. The highest BCUT2D eigenvalue weighted by Crippen LogP contribution is 2.40. The Hall–Kier alpha value is -4.96. The fourth-order valence-corrected chi connectivity index (χ4v) is 5.09. The van der Waals surface area contributed by atoms with E-state index in [1.165, 1.54) is 6.33 Å². The topological polar surface area (TPSA) is 214 Å². The highest BCUT2D eigenvalue weighted by molar-refractivity contribution is 5.84. The van der Waals surface area contributed by atoms with Gasteiger partial charge in [-0.05, 0) is 11.1 Å². The molecule has 4 heterocycles. The number of anilines is 2. The van der Waals surface area contributed by atoms with Gasteiger partial charge < -0.3 is 40.3 Å². The van der Waals surface area contributed by atoms with Gasteiger partial charge in [-0.2, -0.15) is 15.0 Å². The van der Waals surface area contributed by atoms with Crippen LogP contribution in [0.5, 0.6) is 0 Å². The van der Waals surface area contributed by atoms with Crippen LogP contribution in [0.4, 0.5) is 11.8 Å². The molecule has 0 unspecified atom stereocenters. The fourth-order valence-electron chi connectivity index (χ4n) is 5.09. The third-order valence-corrected chi connectivity index (χ3v) is 7.25. The van der Waals surface area contributed by atoms with Crippen LogP contribution in [0.3, 0.4) is 0 Å². The first-order chi connectivity index (χ1) is 22.0. The highest BCUT2D eigenvalue weighted by Gasteiger charge is 2.47. The first-order valence-corrected chi connectivity index (χ1v) is 14.3. The second kappa shape index (κ2) is 14.7. The normalized spacial score (nSPS) is 19.3. The minimum atomic E-state index is -1.33. The van der Waals surface area contributed by atoms with Crippen LogP contribution < -0.4 is 10.6 Å². The molecule has 2 aromatic carbocycles. The van der Waals surface area contributed by atoms with Crippen molar-refractivity contribution < 1.29 is 34.5 Å². The maximum Gasteiger partial charge on any atom is 0.290 e. The van der Waals surface area contributed by atoms with Crippen LogP contribution in [0.1, 0.15) is 48.0 Å². The second-order valence-corrected chi connectivity index (χ2v) is 10.1. The number of fused-ring (bicyclic) bond motifs is 1. The molecule has 5 aromatic rings. The van der Waals surface area contributed by atoms with Crippen molar-refractivity contribution in [3.63, 3.8) is 0 Å². The van der Waals surface area contributed by atoms with Crippen LogP contribution in [-0.2, 0) is 16.0 Å². The van der Waals surface area contributed by atoms with Crippen LogP contribution in [0, 0.1) is 0 Å². The van der Waals surface area contributed by atoms with E-state index in [4.69, 9.17) is 19.2 Å². The number of ether oxygens (including phenoxy) is 1. The number of aromatic nitrogens is 6. The average Bonchev–Trinajstić information content (AvgIpc) is 3.79. The molecular weight excluding hydrogens is 584 g/mol. The van der Waals surface area contributed by atoms with Gasteiger partial charge in [0.2, 0.25) is 5.95 Å². The Morgan fingerprint density at radius 3 is 2.24 bits per heavy atom. The average molecular weight is 619 g/mol. The fraction of sp³-hybridized carbons (Fsp3) is 0.333. The van der Waals surface area contributed by atoms with Gasteiger partial charge in [-0.15, -0.1) is 0 Å². The highest BCUT2D eigenvalue weighted by atomic mass is 16.6. The van der Waals surface area contributed by atoms with Gasteiger partial charge in [0, 0.05) is 25.4 Å². The molecule has 236 valence electrons. The van der Waals surface area contributed by atoms with E-state index in [0.717, 1.165) is 11.1 Å². The van der Waals surface area contributed by atoms with Crippen molar-refractivity contribution in [2.45, 2.75) is 43.8 Å². The van der Waals surface area contributed by atoms with Gasteiger partial charge in [0.15, 0.2) is 35.1 Å². The van der Waals surface area contributed by atoms with E-state index in [0.29, 0.717) is 35.8 Å². The molecule has 3 aromatic heterocycles. The molecule has 6 N–H and O–H groups in total. The van der Waals surface area contributed by atoms with Gasteiger partial charge in [-0.3, -0.25) is 9.36 Å². The second-order valence-electron chi connectivity index (χ2n) is 10.1. The first kappa shape index (κ1) is 31.5. The summed E-state index contributed by atoms with van der Waals surface area (Å²) in [6.07, 6.45) is -2.68. The number of imidazole rings is 1. The van der Waals surface area contributed by atoms with E-state index < -0.39 is 24.5 Å². The Kier molecular flexibility index (Phi) is 10.3. The van der Waals surface area contributed by atoms with Crippen molar-refractivity contribution in [3.05, 3.63) is 89.8 Å². The molecule has 0 radical (unpaired) electrons. The molecular formula is C30H34N8O7. The number of aryl methyl sites for hydroxylation is 1. The van der Waals surface area contributed by atoms with Gasteiger partial charge in [0.05, 0.1) is 12.9 Å². The predicted molar refractivity (Wildman–Crippen MR) is 161 cm³/mol. The Morgan fingerprint density at radius 2 is 1.64 bits per heavy atom. The molecule has 15 heteroatoms. The third-order valence-electron chi connectivity index (χ3n) is 7.25. The Bertz CT molecular complexity index is 1630. The van der Waals surface area contributed by atoms with Crippen LogP contribution in [0.2, 0.25) is 0 Å². The number of rotatable bonds is 11. The monoisotopic (exact) mass is 618 g/mol. The van der Waals surface area contributed by atoms with Gasteiger partial charge >= 0.3 is 0 Å². The van der Waals surface area contributed by atoms with Crippen molar-refractivity contribution in [2.75, 3.05) is 30.3 Å². The summed E-state index contributed by atoms with van der Waals surface area (Å²) in [6.45, 7) is 2.25. The summed E-state index contributed by atoms with van der Waals surface area (Å²) in [5, 5.41) is 48.4. The van der Waals surface area contributed by atoms with Crippen molar-refractivity contribution in [1.29, 1.82) is 0 Å². The Labute approximate surface area is 257 Å². The molecule has 45 heavy (non-hydrogen) atoms. The molecule has 6 rings (SSSR count). The number of aliphatic hydroxyl groups excluding tert-OH is 3. The minimum Gasteiger partial charge on any atom is -0.483 e. The van der Waals surface area contributed by atoms with Crippen LogP contribution in [0.25, 0.3) is 11.2 Å². The lowest BCUT2D eigenvalue weighted by Crippen LogP contribution is -2.29. The summed E-state index contributed by atoms with van der Waals surface area (Å²) in [5.41, 5.74) is 3.09. The zero-order valence-electron chi connectivity index (χ0n) is 24.3. The molecule has 0 spiro atoms. The van der Waals surface area contributed by atoms with E-state index >= 15 is 0 Å². The van der Waals surface area contributed by atoms with Crippen LogP contribution in [-0.4, -0.2) is 88.5 Å². The van der Waals surface area contributed by atoms with E-state index in [9.17, 15) is 15.3 Å². The summed E-state index contributed by atoms with van der Waals surface area (Å²) in [6, 6.07) is 20.4. The van der Waals surface area contributed by atoms with Gasteiger partial charge in [-0.25, -0.2) is 4.98 Å². The van der Waals surface area contributed by atoms with Gasteiger partial charge in [-0.1, -0.05) is 72.7 Å². The van der Waals surface area contributed by atoms with E-state index in [1.54, 1.807) is 4.57 Å². The summed E-state index contributed by atoms with van der Waals surface area (Å²) in [4.78, 5) is 26.4. The lowest BCUT2D eigenvalue weighted by Gasteiger charge is -2.20. The molecule has 15 nitrogen and oxygen atoms in total. The number of nitrogens with zero attached hydrogens (tertiary/aromatic N) is 6. The van der Waals surface area contributed by atoms with E-state index in [-0.39, 0.29) is 37.4 Å². The van der Waals surface area contributed by atoms with Gasteiger partial charge in [0.25, 0.3) is 12.4 Å². The summed E-state index contributed by atoms with van der Waals surface area (Å²) >= 11 is 0. The van der Waals surface area contributed by atoms with E-state index in [2.05, 4.69) is 60.0 Å². The first-order valence-electron chi connectivity index (χ1n) is 14.3. The number of nitrogens with one attached hydrogen (secondary N) is 2. The number of carboxylic acid groups (broad SMARTS) is 1. The number of aliphatic hydroxyl groups is 3. The summed E-state index contributed by atoms with van der Waals surface area (Å²) in [7, 11) is 0. The smallest absolute Gasteiger partial charge is 0.290 e. The van der Waals surface area contributed by atoms with E-state index in [1.807, 2.05) is 43.3 Å². The van der Waals surface area contributed by atoms with Crippen molar-refractivity contribution in [1.82, 2.24) is 29.7 Å². The standard InChI is InChI=1S/C29H32N8O5.CH2O2/c1-2-20-33-27(42-36-20)24-22(39)23(40)28(41-24)37-16-32-21-25(34-29(30-13-14-38)35-26(21)37)31-15-19(17-9-5-3-6-10-17)18-11-7-4-8-12-18;2-1-3/h3-12,16,19,22-24,28,38-40H,2,13-15H2,1H3,(H2,30,31,34,35);1H,(H,2,3)/t22-,23+,24-,28+;/m0./s1. The predicted octanol–water partition coefficient (Wildman–Crippen LogP) is 2.11. The lowest BCUT2D eigenvalue weighted by molar-refractivity contribution is -0.122. The summed E-state index contributed by atoms with van der Waals surface area (Å²) in [5.74, 6) is 1.29. The van der Waals surface area contributed by atoms with Crippen LogP contribution >= 0.6 is 0 Å². The quantitative estimate of drug-likeness (QED) is 0.117. The Morgan fingerprint density at radius 1 is 0.978 bits per heavy atom. The van der Waals surface area contributed by atoms with Crippen molar-refractivity contribution in [3.8, 4) is 0 Å². The minimum absolute atomic E-state index is 0.0201. The number of hydrogen-bond acceptors (Lipinski definition) is 13. The molecule has 4 atom stereocenters. The number of benzene rings is 2. The molecule has 0 amide bonds. The summed E-state index contributed by atoms with van der Waals surface area (Å²) < 4.78 is 12.9. The van der Waals surface area contributed by atoms with Crippen LogP contribution in [0.15, 0.2) is 71.5 Å². The third kappa shape index (κ3) is 6.91. The van der Waals surface area contributed by atoms with Crippen molar-refractivity contribution in [2.24, 2.45) is 0 Å². The molecule has 1 fully saturated rings. The maximum absolute atomic E-state index is 11.0. The molecule has 1 saturated heterocycles.